The minimum Gasteiger partial charge on any atom is -0.495 e. The Bertz CT molecular complexity index is 924. The standard InChI is InChI=1S/C25H32ClN3O3/c1-31-23-15-24(32-2)20(14-19(23)26)27-25(30)17-29-13-7-11-22(29)21-10-6-12-28(21)16-18-8-4-3-5-9-18/h3-5,8-9,14-15,21-22H,6-7,10-13,16-17H2,1-2H3,(H,27,30). The van der Waals surface area contributed by atoms with Gasteiger partial charge in [0, 0.05) is 24.7 Å². The average Bonchev–Trinajstić information content (AvgIpc) is 3.43. The summed E-state index contributed by atoms with van der Waals surface area (Å²) in [4.78, 5) is 17.9. The second-order valence-electron chi connectivity index (χ2n) is 8.58. The van der Waals surface area contributed by atoms with Crippen molar-refractivity contribution in [3.8, 4) is 11.5 Å². The van der Waals surface area contributed by atoms with Gasteiger partial charge in [-0.15, -0.1) is 0 Å². The molecule has 0 saturated carbocycles. The lowest BCUT2D eigenvalue weighted by molar-refractivity contribution is -0.117. The lowest BCUT2D eigenvalue weighted by Crippen LogP contribution is -2.48. The highest BCUT2D eigenvalue weighted by molar-refractivity contribution is 6.32. The molecule has 7 heteroatoms. The van der Waals surface area contributed by atoms with Crippen LogP contribution in [0.4, 0.5) is 5.69 Å². The van der Waals surface area contributed by atoms with Crippen molar-refractivity contribution in [1.29, 1.82) is 0 Å². The SMILES string of the molecule is COc1cc(OC)c(NC(=O)CN2CCCC2C2CCCN2Cc2ccccc2)cc1Cl. The minimum atomic E-state index is -0.0518. The molecule has 2 aliphatic heterocycles. The Morgan fingerprint density at radius 3 is 2.34 bits per heavy atom. The van der Waals surface area contributed by atoms with E-state index in [9.17, 15) is 4.79 Å². The van der Waals surface area contributed by atoms with Gasteiger partial charge >= 0.3 is 0 Å². The van der Waals surface area contributed by atoms with Gasteiger partial charge in [-0.2, -0.15) is 0 Å². The number of ether oxygens (including phenoxy) is 2. The first kappa shape index (κ1) is 22.9. The maximum atomic E-state index is 12.9. The summed E-state index contributed by atoms with van der Waals surface area (Å²) in [5, 5.41) is 3.42. The molecule has 2 saturated heterocycles. The molecule has 2 aliphatic rings. The third-order valence-electron chi connectivity index (χ3n) is 6.60. The van der Waals surface area contributed by atoms with Crippen molar-refractivity contribution in [2.24, 2.45) is 0 Å². The number of anilines is 1. The summed E-state index contributed by atoms with van der Waals surface area (Å²) < 4.78 is 10.7. The molecule has 6 nitrogen and oxygen atoms in total. The molecule has 1 amide bonds. The second-order valence-corrected chi connectivity index (χ2v) is 8.99. The van der Waals surface area contributed by atoms with Crippen LogP contribution in [0.3, 0.4) is 0 Å². The molecule has 32 heavy (non-hydrogen) atoms. The molecule has 0 aliphatic carbocycles. The van der Waals surface area contributed by atoms with Crippen LogP contribution in [0.5, 0.6) is 11.5 Å². The fourth-order valence-electron chi connectivity index (χ4n) is 5.12. The molecule has 0 bridgehead atoms. The van der Waals surface area contributed by atoms with E-state index in [0.717, 1.165) is 32.5 Å². The number of carbonyl (C=O) groups is 1. The van der Waals surface area contributed by atoms with E-state index >= 15 is 0 Å². The number of carbonyl (C=O) groups excluding carboxylic acids is 1. The summed E-state index contributed by atoms with van der Waals surface area (Å²) in [5.41, 5.74) is 1.91. The van der Waals surface area contributed by atoms with Crippen LogP contribution in [0, 0.1) is 0 Å². The Balaban J connectivity index is 1.41. The number of amides is 1. The van der Waals surface area contributed by atoms with Crippen molar-refractivity contribution in [2.45, 2.75) is 44.3 Å². The Kier molecular flexibility index (Phi) is 7.55. The van der Waals surface area contributed by atoms with Crippen molar-refractivity contribution >= 4 is 23.2 Å². The highest BCUT2D eigenvalue weighted by Crippen LogP contribution is 2.36. The van der Waals surface area contributed by atoms with Crippen LogP contribution in [0.2, 0.25) is 5.02 Å². The zero-order valence-corrected chi connectivity index (χ0v) is 19.6. The largest absolute Gasteiger partial charge is 0.495 e. The van der Waals surface area contributed by atoms with E-state index in [0.29, 0.717) is 40.8 Å². The Morgan fingerprint density at radius 2 is 1.66 bits per heavy atom. The molecular formula is C25H32ClN3O3. The van der Waals surface area contributed by atoms with Gasteiger partial charge in [-0.3, -0.25) is 14.6 Å². The van der Waals surface area contributed by atoms with Crippen molar-refractivity contribution in [3.63, 3.8) is 0 Å². The van der Waals surface area contributed by atoms with E-state index in [2.05, 4.69) is 45.4 Å². The molecule has 0 spiro atoms. The van der Waals surface area contributed by atoms with Gasteiger partial charge in [-0.25, -0.2) is 0 Å². The summed E-state index contributed by atoms with van der Waals surface area (Å²) in [5.74, 6) is 0.993. The zero-order chi connectivity index (χ0) is 22.5. The van der Waals surface area contributed by atoms with Crippen molar-refractivity contribution in [3.05, 3.63) is 53.1 Å². The summed E-state index contributed by atoms with van der Waals surface area (Å²) >= 11 is 6.26. The molecule has 2 atom stereocenters. The number of nitrogens with one attached hydrogen (secondary N) is 1. The Hall–Kier alpha value is -2.28. The number of methoxy groups -OCH3 is 2. The predicted octanol–water partition coefficient (Wildman–Crippen LogP) is 4.42. The van der Waals surface area contributed by atoms with Gasteiger partial charge in [0.25, 0.3) is 0 Å². The van der Waals surface area contributed by atoms with Crippen LogP contribution < -0.4 is 14.8 Å². The molecular weight excluding hydrogens is 426 g/mol. The van der Waals surface area contributed by atoms with Gasteiger partial charge in [-0.1, -0.05) is 41.9 Å². The van der Waals surface area contributed by atoms with Gasteiger partial charge in [0.05, 0.1) is 31.5 Å². The monoisotopic (exact) mass is 457 g/mol. The van der Waals surface area contributed by atoms with E-state index in [1.54, 1.807) is 26.4 Å². The highest BCUT2D eigenvalue weighted by Gasteiger charge is 2.38. The zero-order valence-electron chi connectivity index (χ0n) is 18.9. The molecule has 0 aromatic heterocycles. The maximum absolute atomic E-state index is 12.9. The number of likely N-dealkylation sites (tertiary alicyclic amines) is 2. The molecule has 4 rings (SSSR count). The van der Waals surface area contributed by atoms with Gasteiger partial charge in [0.1, 0.15) is 11.5 Å². The van der Waals surface area contributed by atoms with E-state index in [-0.39, 0.29) is 5.91 Å². The van der Waals surface area contributed by atoms with Crippen LogP contribution in [0.1, 0.15) is 31.2 Å². The molecule has 1 N–H and O–H groups in total. The minimum absolute atomic E-state index is 0.0518. The molecule has 2 aromatic carbocycles. The predicted molar refractivity (Wildman–Crippen MR) is 128 cm³/mol. The normalized spacial score (nSPS) is 21.6. The average molecular weight is 458 g/mol. The van der Waals surface area contributed by atoms with Gasteiger partial charge in [0.2, 0.25) is 5.91 Å². The van der Waals surface area contributed by atoms with Gasteiger partial charge in [-0.05, 0) is 50.4 Å². The smallest absolute Gasteiger partial charge is 0.238 e. The molecule has 2 fully saturated rings. The topological polar surface area (TPSA) is 54.0 Å². The fraction of sp³-hybridized carbons (Fsp3) is 0.480. The molecule has 2 heterocycles. The first-order valence-electron chi connectivity index (χ1n) is 11.3. The van der Waals surface area contributed by atoms with Crippen molar-refractivity contribution in [2.75, 3.05) is 39.2 Å². The quantitative estimate of drug-likeness (QED) is 0.635. The first-order valence-corrected chi connectivity index (χ1v) is 11.7. The van der Waals surface area contributed by atoms with E-state index < -0.39 is 0 Å². The summed E-state index contributed by atoms with van der Waals surface area (Å²) in [6.45, 7) is 3.42. The molecule has 172 valence electrons. The highest BCUT2D eigenvalue weighted by atomic mass is 35.5. The molecule has 2 unspecified atom stereocenters. The fourth-order valence-corrected chi connectivity index (χ4v) is 5.36. The summed E-state index contributed by atoms with van der Waals surface area (Å²) in [6.07, 6.45) is 4.68. The summed E-state index contributed by atoms with van der Waals surface area (Å²) in [6, 6.07) is 14.9. The maximum Gasteiger partial charge on any atom is 0.238 e. The molecule has 2 aromatic rings. The van der Waals surface area contributed by atoms with Crippen molar-refractivity contribution in [1.82, 2.24) is 9.80 Å². The van der Waals surface area contributed by atoms with Crippen LogP contribution in [0.25, 0.3) is 0 Å². The van der Waals surface area contributed by atoms with Crippen LogP contribution in [-0.2, 0) is 11.3 Å². The number of nitrogens with zero attached hydrogens (tertiary/aromatic N) is 2. The first-order chi connectivity index (χ1) is 15.6. The number of hydrogen-bond acceptors (Lipinski definition) is 5. The number of rotatable bonds is 8. The number of hydrogen-bond donors (Lipinski definition) is 1. The van der Waals surface area contributed by atoms with Gasteiger partial charge in [0.15, 0.2) is 0 Å². The summed E-state index contributed by atoms with van der Waals surface area (Å²) in [7, 11) is 3.12. The Morgan fingerprint density at radius 1 is 1.00 bits per heavy atom. The van der Waals surface area contributed by atoms with Gasteiger partial charge < -0.3 is 14.8 Å². The van der Waals surface area contributed by atoms with E-state index in [1.807, 2.05) is 0 Å². The number of halogens is 1. The van der Waals surface area contributed by atoms with Crippen LogP contribution in [-0.4, -0.2) is 61.6 Å². The van der Waals surface area contributed by atoms with Crippen LogP contribution in [0.15, 0.2) is 42.5 Å². The lowest BCUT2D eigenvalue weighted by Gasteiger charge is -2.35. The van der Waals surface area contributed by atoms with E-state index in [1.165, 1.54) is 18.4 Å². The third kappa shape index (κ3) is 5.20. The van der Waals surface area contributed by atoms with Crippen molar-refractivity contribution < 1.29 is 14.3 Å². The Labute approximate surface area is 195 Å². The van der Waals surface area contributed by atoms with Crippen LogP contribution >= 0.6 is 11.6 Å². The number of benzene rings is 2. The third-order valence-corrected chi connectivity index (χ3v) is 6.89. The van der Waals surface area contributed by atoms with E-state index in [4.69, 9.17) is 21.1 Å². The molecule has 0 radical (unpaired) electrons. The second kappa shape index (κ2) is 10.6. The lowest BCUT2D eigenvalue weighted by atomic mass is 10.0.